The van der Waals surface area contributed by atoms with E-state index < -0.39 is 0 Å². The Labute approximate surface area is 273 Å². The number of likely N-dealkylation sites (N-methyl/N-ethyl adjacent to an activating group) is 1. The molecule has 47 heavy (non-hydrogen) atoms. The summed E-state index contributed by atoms with van der Waals surface area (Å²) in [6.45, 7) is 8.89. The Hall–Kier alpha value is -4.59. The molecule has 0 aliphatic carbocycles. The van der Waals surface area contributed by atoms with Gasteiger partial charge in [-0.05, 0) is 44.5 Å². The molecule has 1 unspecified atom stereocenters. The zero-order valence-corrected chi connectivity index (χ0v) is 27.3. The van der Waals surface area contributed by atoms with Crippen molar-refractivity contribution in [2.45, 2.75) is 38.1 Å². The van der Waals surface area contributed by atoms with Crippen LogP contribution in [0.15, 0.2) is 59.9 Å². The van der Waals surface area contributed by atoms with Gasteiger partial charge >= 0.3 is 0 Å². The first kappa shape index (κ1) is 31.0. The molecule has 0 saturated carbocycles. The zero-order valence-electron chi connectivity index (χ0n) is 27.3. The molecule has 5 aromatic rings. The molecule has 2 saturated heterocycles. The van der Waals surface area contributed by atoms with Crippen LogP contribution in [-0.4, -0.2) is 108 Å². The lowest BCUT2D eigenvalue weighted by Crippen LogP contribution is -2.52. The molecule has 3 N–H and O–H groups in total. The van der Waals surface area contributed by atoms with Gasteiger partial charge in [-0.3, -0.25) is 18.8 Å². The molecule has 0 amide bonds. The lowest BCUT2D eigenvalue weighted by atomic mass is 10.0. The van der Waals surface area contributed by atoms with Crippen molar-refractivity contribution >= 4 is 22.8 Å². The van der Waals surface area contributed by atoms with Gasteiger partial charge in [-0.2, -0.15) is 0 Å². The first-order valence-electron chi connectivity index (χ1n) is 16.5. The van der Waals surface area contributed by atoms with Gasteiger partial charge in [-0.25, -0.2) is 19.9 Å². The molecule has 4 aromatic heterocycles. The minimum atomic E-state index is -0.200. The van der Waals surface area contributed by atoms with Gasteiger partial charge in [0.2, 0.25) is 0 Å². The van der Waals surface area contributed by atoms with Crippen molar-refractivity contribution in [3.63, 3.8) is 0 Å². The molecular formula is C34H43N11O2. The Morgan fingerprint density at radius 1 is 1.02 bits per heavy atom. The van der Waals surface area contributed by atoms with Crippen molar-refractivity contribution in [1.82, 2.24) is 43.9 Å². The molecule has 6 heterocycles. The van der Waals surface area contributed by atoms with E-state index in [0.29, 0.717) is 35.5 Å². The third kappa shape index (κ3) is 6.38. The van der Waals surface area contributed by atoms with Crippen molar-refractivity contribution in [3.8, 4) is 22.6 Å². The fraction of sp³-hybridized carbons (Fsp3) is 0.441. The minimum Gasteiger partial charge on any atom is -0.396 e. The van der Waals surface area contributed by atoms with Gasteiger partial charge in [-0.15, -0.1) is 0 Å². The van der Waals surface area contributed by atoms with E-state index in [1.807, 2.05) is 12.4 Å². The second kappa shape index (κ2) is 13.3. The maximum atomic E-state index is 12.4. The summed E-state index contributed by atoms with van der Waals surface area (Å²) in [7, 11) is 3.86. The van der Waals surface area contributed by atoms with Crippen molar-refractivity contribution in [3.05, 3.63) is 71.3 Å². The quantitative estimate of drug-likeness (QED) is 0.221. The van der Waals surface area contributed by atoms with E-state index in [1.165, 1.54) is 36.3 Å². The summed E-state index contributed by atoms with van der Waals surface area (Å²) in [4.78, 5) is 38.8. The second-order valence-electron chi connectivity index (χ2n) is 12.8. The number of hydrogen-bond acceptors (Lipinski definition) is 10. The third-order valence-electron chi connectivity index (χ3n) is 9.65. The average molecular weight is 638 g/mol. The van der Waals surface area contributed by atoms with Crippen LogP contribution in [0.5, 0.6) is 0 Å². The van der Waals surface area contributed by atoms with Gasteiger partial charge in [0.15, 0.2) is 5.82 Å². The first-order valence-corrected chi connectivity index (χ1v) is 16.5. The number of piperazine rings is 1. The van der Waals surface area contributed by atoms with Gasteiger partial charge < -0.3 is 25.3 Å². The lowest BCUT2D eigenvalue weighted by Gasteiger charge is -2.42. The van der Waals surface area contributed by atoms with Crippen molar-refractivity contribution < 1.29 is 5.11 Å². The summed E-state index contributed by atoms with van der Waals surface area (Å²) in [5.41, 5.74) is 4.20. The summed E-state index contributed by atoms with van der Waals surface area (Å²) < 4.78 is 3.44. The normalized spacial score (nSPS) is 17.4. The summed E-state index contributed by atoms with van der Waals surface area (Å²) in [6.07, 6.45) is 9.91. The van der Waals surface area contributed by atoms with Crippen molar-refractivity contribution in [1.29, 1.82) is 0 Å². The predicted octanol–water partition coefficient (Wildman–Crippen LogP) is 3.33. The third-order valence-corrected chi connectivity index (χ3v) is 9.65. The van der Waals surface area contributed by atoms with Gasteiger partial charge in [0.25, 0.3) is 5.56 Å². The van der Waals surface area contributed by atoms with E-state index in [0.717, 1.165) is 48.8 Å². The molecule has 13 nitrogen and oxygen atoms in total. The Bertz CT molecular complexity index is 1900. The Kier molecular flexibility index (Phi) is 8.76. The molecule has 246 valence electrons. The fourth-order valence-corrected chi connectivity index (χ4v) is 6.79. The van der Waals surface area contributed by atoms with E-state index in [4.69, 9.17) is 9.97 Å². The highest BCUT2D eigenvalue weighted by Crippen LogP contribution is 2.33. The summed E-state index contributed by atoms with van der Waals surface area (Å²) in [6, 6.07) is 11.1. The van der Waals surface area contributed by atoms with Crippen LogP contribution in [-0.2, 0) is 7.05 Å². The number of aromatic nitrogens is 7. The van der Waals surface area contributed by atoms with E-state index in [-0.39, 0.29) is 18.1 Å². The number of rotatable bonds is 9. The highest BCUT2D eigenvalue weighted by atomic mass is 16.3. The number of imidazole rings is 1. The van der Waals surface area contributed by atoms with Crippen LogP contribution < -0.4 is 15.8 Å². The smallest absolute Gasteiger partial charge is 0.277 e. The number of aromatic amines is 1. The second-order valence-corrected chi connectivity index (χ2v) is 12.8. The number of fused-ring (bicyclic) bond motifs is 1. The first-order chi connectivity index (χ1) is 22.9. The van der Waals surface area contributed by atoms with Gasteiger partial charge in [-0.1, -0.05) is 19.1 Å². The molecular weight excluding hydrogens is 594 g/mol. The predicted molar refractivity (Wildman–Crippen MR) is 183 cm³/mol. The van der Waals surface area contributed by atoms with Crippen LogP contribution in [0.1, 0.15) is 37.9 Å². The van der Waals surface area contributed by atoms with E-state index in [1.54, 1.807) is 25.5 Å². The van der Waals surface area contributed by atoms with Crippen LogP contribution in [0.4, 0.5) is 17.3 Å². The van der Waals surface area contributed by atoms with Crippen LogP contribution >= 0.6 is 0 Å². The Balaban J connectivity index is 1.14. The number of nitrogens with zero attached hydrogens (tertiary/aromatic N) is 9. The summed E-state index contributed by atoms with van der Waals surface area (Å²) in [5.74, 6) is 2.28. The Morgan fingerprint density at radius 2 is 1.83 bits per heavy atom. The monoisotopic (exact) mass is 637 g/mol. The number of nitrogens with one attached hydrogen (secondary N) is 2. The summed E-state index contributed by atoms with van der Waals surface area (Å²) >= 11 is 0. The number of aliphatic hydroxyl groups is 1. The van der Waals surface area contributed by atoms with Crippen LogP contribution in [0.3, 0.4) is 0 Å². The van der Waals surface area contributed by atoms with Crippen LogP contribution in [0, 0.1) is 0 Å². The molecule has 13 heteroatoms. The lowest BCUT2D eigenvalue weighted by molar-refractivity contribution is 0.0982. The largest absolute Gasteiger partial charge is 0.396 e. The van der Waals surface area contributed by atoms with Gasteiger partial charge in [0.05, 0.1) is 23.6 Å². The fourth-order valence-electron chi connectivity index (χ4n) is 6.79. The van der Waals surface area contributed by atoms with Crippen molar-refractivity contribution in [2.24, 2.45) is 7.05 Å². The molecule has 1 aromatic carbocycles. The number of H-pyrrole nitrogens is 1. The molecule has 2 aliphatic heterocycles. The molecule has 0 bridgehead atoms. The van der Waals surface area contributed by atoms with E-state index in [9.17, 15) is 9.90 Å². The highest BCUT2D eigenvalue weighted by molar-refractivity contribution is 5.80. The highest BCUT2D eigenvalue weighted by Gasteiger charge is 2.27. The maximum absolute atomic E-state index is 12.4. The molecule has 2 fully saturated rings. The standard InChI is InChI=1S/C34H43N11O2/c1-23(10-18-46)33-40-31(24-5-4-6-26(19-24)43-12-8-25(9-13-43)44-16-14-41(2)15-17-44)28-21-36-30(22-45(28)33)38-29-7-11-35-32(39-29)27-20-37-42(3)34(27)47/h4-7,11,19-23,25,37,46H,8-10,12-18H2,1-3H3,(H,35,38,39). The molecule has 1 atom stereocenters. The number of aliphatic hydroxyl groups excluding tert-OH is 1. The Morgan fingerprint density at radius 3 is 2.57 bits per heavy atom. The average Bonchev–Trinajstić information content (AvgIpc) is 3.64. The molecule has 0 spiro atoms. The topological polar surface area (TPSA) is 136 Å². The van der Waals surface area contributed by atoms with E-state index in [2.05, 4.69) is 77.7 Å². The van der Waals surface area contributed by atoms with Crippen LogP contribution in [0.2, 0.25) is 0 Å². The zero-order chi connectivity index (χ0) is 32.5. The number of hydrogen-bond donors (Lipinski definition) is 3. The SMILES string of the molecule is CC(CCO)c1nc(-c2cccc(N3CCC(N4CCN(C)CC4)CC3)c2)c2cnc(Nc3ccnc(-c4c[nH]n(C)c4=O)n3)cn12. The minimum absolute atomic E-state index is 0.0174. The van der Waals surface area contributed by atoms with Crippen molar-refractivity contribution in [2.75, 3.05) is 63.1 Å². The van der Waals surface area contributed by atoms with E-state index >= 15 is 0 Å². The number of aryl methyl sites for hydroxylation is 1. The number of anilines is 3. The van der Waals surface area contributed by atoms with Gasteiger partial charge in [0.1, 0.15) is 23.0 Å². The molecule has 0 radical (unpaired) electrons. The maximum Gasteiger partial charge on any atom is 0.277 e. The molecule has 7 rings (SSSR count). The van der Waals surface area contributed by atoms with Gasteiger partial charge in [0, 0.05) is 88.5 Å². The van der Waals surface area contributed by atoms with Crippen LogP contribution in [0.25, 0.3) is 28.2 Å². The summed E-state index contributed by atoms with van der Waals surface area (Å²) in [5, 5.41) is 15.9. The molecule has 2 aliphatic rings. The number of piperidine rings is 1. The number of benzene rings is 1.